The molecule has 8 nitrogen and oxygen atoms in total. The SMILES string of the molecule is CCCCCCCC(O)CCC(=O)OCC(NC=O)(OCc1ccccc1)C(=O)OCc1ccccc1. The molecule has 2 aromatic carbocycles. The van der Waals surface area contributed by atoms with Crippen molar-refractivity contribution in [2.24, 2.45) is 0 Å². The second kappa shape index (κ2) is 17.3. The molecule has 0 heterocycles. The molecular formula is C29H39NO7. The van der Waals surface area contributed by atoms with E-state index in [0.29, 0.717) is 12.8 Å². The molecule has 0 fully saturated rings. The molecular weight excluding hydrogens is 474 g/mol. The van der Waals surface area contributed by atoms with Crippen LogP contribution in [0.3, 0.4) is 0 Å². The summed E-state index contributed by atoms with van der Waals surface area (Å²) in [5.74, 6) is -1.50. The molecule has 2 rings (SSSR count). The van der Waals surface area contributed by atoms with E-state index in [0.717, 1.165) is 36.8 Å². The number of amides is 1. The first-order valence-electron chi connectivity index (χ1n) is 12.9. The van der Waals surface area contributed by atoms with Gasteiger partial charge in [-0.05, 0) is 24.0 Å². The van der Waals surface area contributed by atoms with Crippen LogP contribution in [0.25, 0.3) is 0 Å². The summed E-state index contributed by atoms with van der Waals surface area (Å²) in [6.07, 6.45) is 6.00. The number of benzene rings is 2. The Morgan fingerprint density at radius 2 is 1.51 bits per heavy atom. The molecule has 0 saturated heterocycles. The third-order valence-corrected chi connectivity index (χ3v) is 5.92. The maximum absolute atomic E-state index is 13.1. The molecule has 0 aromatic heterocycles. The molecule has 2 aromatic rings. The number of carbonyl (C=O) groups is 3. The lowest BCUT2D eigenvalue weighted by Crippen LogP contribution is -2.58. The minimum atomic E-state index is -2.03. The van der Waals surface area contributed by atoms with Crippen molar-refractivity contribution in [3.63, 3.8) is 0 Å². The summed E-state index contributed by atoms with van der Waals surface area (Å²) in [5, 5.41) is 12.5. The number of ether oxygens (including phenoxy) is 3. The highest BCUT2D eigenvalue weighted by molar-refractivity contribution is 5.82. The van der Waals surface area contributed by atoms with Gasteiger partial charge in [0, 0.05) is 6.42 Å². The highest BCUT2D eigenvalue weighted by atomic mass is 16.6. The number of carbonyl (C=O) groups excluding carboxylic acids is 3. The smallest absolute Gasteiger partial charge is 0.363 e. The molecule has 0 saturated carbocycles. The fourth-order valence-corrected chi connectivity index (χ4v) is 3.68. The van der Waals surface area contributed by atoms with E-state index in [1.165, 1.54) is 6.42 Å². The van der Waals surface area contributed by atoms with Crippen molar-refractivity contribution in [3.05, 3.63) is 71.8 Å². The summed E-state index contributed by atoms with van der Waals surface area (Å²) < 4.78 is 16.6. The first-order valence-corrected chi connectivity index (χ1v) is 12.9. The summed E-state index contributed by atoms with van der Waals surface area (Å²) in [6, 6.07) is 18.1. The predicted molar refractivity (Wildman–Crippen MR) is 139 cm³/mol. The largest absolute Gasteiger partial charge is 0.460 e. The molecule has 0 aliphatic heterocycles. The van der Waals surface area contributed by atoms with Crippen molar-refractivity contribution in [3.8, 4) is 0 Å². The number of hydrogen-bond acceptors (Lipinski definition) is 7. The van der Waals surface area contributed by atoms with Crippen LogP contribution < -0.4 is 5.32 Å². The van der Waals surface area contributed by atoms with Gasteiger partial charge in [-0.15, -0.1) is 0 Å². The number of nitrogens with one attached hydrogen (secondary N) is 1. The monoisotopic (exact) mass is 513 g/mol. The van der Waals surface area contributed by atoms with Gasteiger partial charge < -0.3 is 24.6 Å². The summed E-state index contributed by atoms with van der Waals surface area (Å²) in [7, 11) is 0. The molecule has 0 aliphatic rings. The van der Waals surface area contributed by atoms with Gasteiger partial charge in [0.15, 0.2) is 6.61 Å². The first kappa shape index (κ1) is 30.0. The van der Waals surface area contributed by atoms with Gasteiger partial charge in [0.25, 0.3) is 5.72 Å². The lowest BCUT2D eigenvalue weighted by atomic mass is 10.1. The molecule has 37 heavy (non-hydrogen) atoms. The van der Waals surface area contributed by atoms with Crippen LogP contribution in [0.4, 0.5) is 0 Å². The predicted octanol–water partition coefficient (Wildman–Crippen LogP) is 4.43. The van der Waals surface area contributed by atoms with Crippen LogP contribution >= 0.6 is 0 Å². The van der Waals surface area contributed by atoms with Gasteiger partial charge in [-0.1, -0.05) is 99.7 Å². The fourth-order valence-electron chi connectivity index (χ4n) is 3.68. The van der Waals surface area contributed by atoms with Crippen LogP contribution in [0.2, 0.25) is 0 Å². The zero-order valence-electron chi connectivity index (χ0n) is 21.6. The van der Waals surface area contributed by atoms with Gasteiger partial charge >= 0.3 is 11.9 Å². The van der Waals surface area contributed by atoms with Crippen molar-refractivity contribution < 1.29 is 33.7 Å². The van der Waals surface area contributed by atoms with Gasteiger partial charge in [-0.2, -0.15) is 0 Å². The van der Waals surface area contributed by atoms with Gasteiger partial charge in [0.05, 0.1) is 12.7 Å². The third kappa shape index (κ3) is 11.6. The third-order valence-electron chi connectivity index (χ3n) is 5.92. The number of esters is 2. The normalized spacial score (nSPS) is 13.2. The summed E-state index contributed by atoms with van der Waals surface area (Å²) >= 11 is 0. The summed E-state index contributed by atoms with van der Waals surface area (Å²) in [6.45, 7) is 1.50. The van der Waals surface area contributed by atoms with Crippen molar-refractivity contribution in [2.45, 2.75) is 83.3 Å². The Bertz CT molecular complexity index is 922. The minimum Gasteiger partial charge on any atom is -0.460 e. The number of aliphatic hydroxyl groups is 1. The average Bonchev–Trinajstić information content (AvgIpc) is 2.93. The van der Waals surface area contributed by atoms with Crippen LogP contribution in [0.15, 0.2) is 60.7 Å². The van der Waals surface area contributed by atoms with E-state index in [4.69, 9.17) is 14.2 Å². The number of aliphatic hydroxyl groups excluding tert-OH is 1. The maximum atomic E-state index is 13.1. The molecule has 1 amide bonds. The minimum absolute atomic E-state index is 0.0228. The first-order chi connectivity index (χ1) is 18.0. The number of rotatable bonds is 19. The van der Waals surface area contributed by atoms with Crippen LogP contribution in [-0.4, -0.2) is 41.9 Å². The molecule has 0 aliphatic carbocycles. The van der Waals surface area contributed by atoms with E-state index in [1.807, 2.05) is 36.4 Å². The van der Waals surface area contributed by atoms with Crippen molar-refractivity contribution in [2.75, 3.05) is 6.61 Å². The second-order valence-electron chi connectivity index (χ2n) is 8.98. The van der Waals surface area contributed by atoms with Crippen molar-refractivity contribution in [1.82, 2.24) is 5.32 Å². The van der Waals surface area contributed by atoms with Crippen molar-refractivity contribution in [1.29, 1.82) is 0 Å². The van der Waals surface area contributed by atoms with E-state index in [1.54, 1.807) is 24.3 Å². The van der Waals surface area contributed by atoms with E-state index >= 15 is 0 Å². The topological polar surface area (TPSA) is 111 Å². The fraction of sp³-hybridized carbons (Fsp3) is 0.483. The average molecular weight is 514 g/mol. The Kier molecular flexibility index (Phi) is 14.0. The molecule has 2 N–H and O–H groups in total. The van der Waals surface area contributed by atoms with Crippen LogP contribution in [0.1, 0.15) is 69.4 Å². The van der Waals surface area contributed by atoms with Crippen LogP contribution in [-0.2, 0) is 41.8 Å². The molecule has 0 bridgehead atoms. The Balaban J connectivity index is 1.97. The van der Waals surface area contributed by atoms with Crippen LogP contribution in [0, 0.1) is 0 Å². The van der Waals surface area contributed by atoms with Crippen LogP contribution in [0.5, 0.6) is 0 Å². The standard InChI is InChI=1S/C29H39NO7/c1-2-3-4-5-12-17-26(32)18-19-27(33)36-22-29(30-23-31,37-21-25-15-10-7-11-16-25)28(34)35-20-24-13-8-6-9-14-24/h6-11,13-16,23,26,32H,2-5,12,17-22H2,1H3,(H,30,31). The lowest BCUT2D eigenvalue weighted by molar-refractivity contribution is -0.194. The molecule has 8 heteroatoms. The van der Waals surface area contributed by atoms with Gasteiger partial charge in [-0.3, -0.25) is 9.59 Å². The summed E-state index contributed by atoms with van der Waals surface area (Å²) in [5.41, 5.74) is -0.525. The second-order valence-corrected chi connectivity index (χ2v) is 8.98. The number of unbranched alkanes of at least 4 members (excludes halogenated alkanes) is 4. The quantitative estimate of drug-likeness (QED) is 0.124. The zero-order chi connectivity index (χ0) is 26.8. The van der Waals surface area contributed by atoms with E-state index in [2.05, 4.69) is 12.2 Å². The highest BCUT2D eigenvalue weighted by Gasteiger charge is 2.43. The molecule has 0 radical (unpaired) electrons. The molecule has 2 atom stereocenters. The van der Waals surface area contributed by atoms with E-state index in [-0.39, 0.29) is 26.1 Å². The molecule has 202 valence electrons. The maximum Gasteiger partial charge on any atom is 0.363 e. The highest BCUT2D eigenvalue weighted by Crippen LogP contribution is 2.17. The number of hydrogen-bond donors (Lipinski definition) is 2. The van der Waals surface area contributed by atoms with Gasteiger partial charge in [0.2, 0.25) is 6.41 Å². The Hall–Kier alpha value is -3.23. The van der Waals surface area contributed by atoms with E-state index < -0.39 is 30.4 Å². The zero-order valence-corrected chi connectivity index (χ0v) is 21.6. The summed E-state index contributed by atoms with van der Waals surface area (Å²) in [4.78, 5) is 37.0. The Morgan fingerprint density at radius 1 is 0.892 bits per heavy atom. The Morgan fingerprint density at radius 3 is 2.14 bits per heavy atom. The van der Waals surface area contributed by atoms with Crippen molar-refractivity contribution >= 4 is 18.3 Å². The lowest BCUT2D eigenvalue weighted by Gasteiger charge is -2.30. The Labute approximate surface area is 219 Å². The van der Waals surface area contributed by atoms with E-state index in [9.17, 15) is 19.5 Å². The molecule has 2 unspecified atom stereocenters. The van der Waals surface area contributed by atoms with Gasteiger partial charge in [-0.25, -0.2) is 4.79 Å². The molecule has 0 spiro atoms. The van der Waals surface area contributed by atoms with Gasteiger partial charge in [0.1, 0.15) is 6.61 Å².